The van der Waals surface area contributed by atoms with E-state index >= 15 is 0 Å². The van der Waals surface area contributed by atoms with Crippen molar-refractivity contribution in [3.05, 3.63) is 30.4 Å². The summed E-state index contributed by atoms with van der Waals surface area (Å²) in [5.41, 5.74) is 6.95. The third-order valence-corrected chi connectivity index (χ3v) is 3.48. The molecule has 4 heteroatoms. The van der Waals surface area contributed by atoms with Gasteiger partial charge in [0.15, 0.2) is 5.76 Å². The maximum atomic E-state index is 6.00. The van der Waals surface area contributed by atoms with Gasteiger partial charge in [-0.2, -0.15) is 0 Å². The van der Waals surface area contributed by atoms with Crippen molar-refractivity contribution >= 4 is 0 Å². The van der Waals surface area contributed by atoms with Gasteiger partial charge < -0.3 is 15.1 Å². The monoisotopic (exact) mass is 231 g/mol. The highest BCUT2D eigenvalue weighted by molar-refractivity contribution is 5.50. The van der Waals surface area contributed by atoms with Gasteiger partial charge >= 0.3 is 0 Å². The van der Waals surface area contributed by atoms with E-state index in [-0.39, 0.29) is 0 Å². The van der Waals surface area contributed by atoms with Crippen molar-refractivity contribution in [2.75, 3.05) is 0 Å². The Balaban J connectivity index is 1.80. The zero-order chi connectivity index (χ0) is 11.7. The van der Waals surface area contributed by atoms with Crippen molar-refractivity contribution in [3.8, 4) is 11.5 Å². The lowest BCUT2D eigenvalue weighted by Gasteiger charge is -2.24. The summed E-state index contributed by atoms with van der Waals surface area (Å²) in [6.45, 7) is 0. The largest absolute Gasteiger partial charge is 0.463 e. The van der Waals surface area contributed by atoms with Gasteiger partial charge in [-0.05, 0) is 31.4 Å². The summed E-state index contributed by atoms with van der Waals surface area (Å²) in [5, 5.41) is 0. The lowest BCUT2D eigenvalue weighted by molar-refractivity contribution is 0.383. The molecule has 1 aliphatic carbocycles. The fraction of sp³-hybridized carbons (Fsp3) is 0.462. The second-order valence-electron chi connectivity index (χ2n) is 4.78. The lowest BCUT2D eigenvalue weighted by atomic mass is 9.86. The van der Waals surface area contributed by atoms with E-state index in [1.54, 1.807) is 6.26 Å². The standard InChI is InChI=1S/C13H17N3O/c14-10-4-1-3-9(7-10)13-15-8-11(16-13)12-5-2-6-17-12/h2,5-6,8-10H,1,3-4,7,14H2,(H,15,16). The highest BCUT2D eigenvalue weighted by Gasteiger charge is 2.23. The smallest absolute Gasteiger partial charge is 0.151 e. The van der Waals surface area contributed by atoms with Crippen LogP contribution in [-0.2, 0) is 0 Å². The number of nitrogens with zero attached hydrogens (tertiary/aromatic N) is 1. The van der Waals surface area contributed by atoms with E-state index in [0.29, 0.717) is 12.0 Å². The molecule has 90 valence electrons. The van der Waals surface area contributed by atoms with Crippen molar-refractivity contribution in [1.29, 1.82) is 0 Å². The molecule has 17 heavy (non-hydrogen) atoms. The first-order valence-corrected chi connectivity index (χ1v) is 6.17. The van der Waals surface area contributed by atoms with Crippen LogP contribution >= 0.6 is 0 Å². The second kappa shape index (κ2) is 4.37. The fourth-order valence-electron chi connectivity index (χ4n) is 2.58. The van der Waals surface area contributed by atoms with E-state index in [9.17, 15) is 0 Å². The van der Waals surface area contributed by atoms with Crippen LogP contribution in [0.1, 0.15) is 37.4 Å². The van der Waals surface area contributed by atoms with Crippen LogP contribution in [0.2, 0.25) is 0 Å². The molecule has 0 aromatic carbocycles. The minimum absolute atomic E-state index is 0.325. The van der Waals surface area contributed by atoms with E-state index in [0.717, 1.165) is 30.1 Å². The summed E-state index contributed by atoms with van der Waals surface area (Å²) in [4.78, 5) is 7.80. The van der Waals surface area contributed by atoms with Gasteiger partial charge in [-0.25, -0.2) is 4.98 Å². The lowest BCUT2D eigenvalue weighted by Crippen LogP contribution is -2.27. The number of H-pyrrole nitrogens is 1. The molecule has 3 rings (SSSR count). The van der Waals surface area contributed by atoms with Gasteiger partial charge in [0.05, 0.1) is 12.5 Å². The molecule has 2 aromatic rings. The third kappa shape index (κ3) is 2.13. The average Bonchev–Trinajstić information content (AvgIpc) is 3.00. The Morgan fingerprint density at radius 3 is 3.12 bits per heavy atom. The molecule has 1 saturated carbocycles. The SMILES string of the molecule is NC1CCCC(c2ncc(-c3ccco3)[nH]2)C1. The first kappa shape index (κ1) is 10.6. The number of nitrogens with one attached hydrogen (secondary N) is 1. The normalized spacial score (nSPS) is 25.0. The minimum atomic E-state index is 0.325. The maximum absolute atomic E-state index is 6.00. The Labute approximate surface area is 100 Å². The van der Waals surface area contributed by atoms with Gasteiger partial charge in [-0.15, -0.1) is 0 Å². The maximum Gasteiger partial charge on any atom is 0.151 e. The average molecular weight is 231 g/mol. The van der Waals surface area contributed by atoms with Crippen molar-refractivity contribution in [1.82, 2.24) is 9.97 Å². The van der Waals surface area contributed by atoms with Gasteiger partial charge in [0, 0.05) is 12.0 Å². The van der Waals surface area contributed by atoms with Crippen molar-refractivity contribution in [3.63, 3.8) is 0 Å². The van der Waals surface area contributed by atoms with Crippen LogP contribution in [0.4, 0.5) is 0 Å². The quantitative estimate of drug-likeness (QED) is 0.834. The number of nitrogens with two attached hydrogens (primary N) is 1. The summed E-state index contributed by atoms with van der Waals surface area (Å²) in [6, 6.07) is 4.14. The predicted molar refractivity (Wildman–Crippen MR) is 65.5 cm³/mol. The zero-order valence-corrected chi connectivity index (χ0v) is 9.73. The van der Waals surface area contributed by atoms with Crippen LogP contribution in [0.5, 0.6) is 0 Å². The first-order chi connectivity index (χ1) is 8.33. The first-order valence-electron chi connectivity index (χ1n) is 6.17. The van der Waals surface area contributed by atoms with Crippen LogP contribution < -0.4 is 5.73 Å². The molecule has 1 fully saturated rings. The van der Waals surface area contributed by atoms with Gasteiger partial charge in [-0.1, -0.05) is 6.42 Å². The van der Waals surface area contributed by atoms with E-state index in [2.05, 4.69) is 9.97 Å². The van der Waals surface area contributed by atoms with Crippen LogP contribution in [0.3, 0.4) is 0 Å². The molecule has 3 N–H and O–H groups in total. The number of hydrogen-bond acceptors (Lipinski definition) is 3. The Morgan fingerprint density at radius 2 is 2.35 bits per heavy atom. The topological polar surface area (TPSA) is 67.8 Å². The summed E-state index contributed by atoms with van der Waals surface area (Å²) in [6.07, 6.45) is 8.06. The number of aromatic amines is 1. The molecule has 0 radical (unpaired) electrons. The molecule has 0 saturated heterocycles. The predicted octanol–water partition coefficient (Wildman–Crippen LogP) is 2.65. The van der Waals surface area contributed by atoms with Crippen molar-refractivity contribution in [2.45, 2.75) is 37.6 Å². The fourth-order valence-corrected chi connectivity index (χ4v) is 2.58. The van der Waals surface area contributed by atoms with Crippen molar-refractivity contribution in [2.24, 2.45) is 5.73 Å². The molecule has 0 amide bonds. The number of aromatic nitrogens is 2. The minimum Gasteiger partial charge on any atom is -0.463 e. The van der Waals surface area contributed by atoms with Gasteiger partial charge in [-0.3, -0.25) is 0 Å². The molecular formula is C13H17N3O. The zero-order valence-electron chi connectivity index (χ0n) is 9.73. The number of hydrogen-bond donors (Lipinski definition) is 2. The summed E-state index contributed by atoms with van der Waals surface area (Å²) in [7, 11) is 0. The molecule has 0 aliphatic heterocycles. The summed E-state index contributed by atoms with van der Waals surface area (Å²) >= 11 is 0. The Morgan fingerprint density at radius 1 is 1.41 bits per heavy atom. The Hall–Kier alpha value is -1.55. The second-order valence-corrected chi connectivity index (χ2v) is 4.78. The highest BCUT2D eigenvalue weighted by atomic mass is 16.3. The van der Waals surface area contributed by atoms with Gasteiger partial charge in [0.1, 0.15) is 11.5 Å². The summed E-state index contributed by atoms with van der Waals surface area (Å²) in [5.74, 6) is 2.36. The van der Waals surface area contributed by atoms with E-state index in [1.807, 2.05) is 18.3 Å². The van der Waals surface area contributed by atoms with E-state index in [4.69, 9.17) is 10.2 Å². The molecule has 2 heterocycles. The van der Waals surface area contributed by atoms with Crippen LogP contribution in [0, 0.1) is 0 Å². The van der Waals surface area contributed by atoms with Gasteiger partial charge in [0.2, 0.25) is 0 Å². The van der Waals surface area contributed by atoms with E-state index in [1.165, 1.54) is 12.8 Å². The number of rotatable bonds is 2. The summed E-state index contributed by atoms with van der Waals surface area (Å²) < 4.78 is 5.35. The van der Waals surface area contributed by atoms with Gasteiger partial charge in [0.25, 0.3) is 0 Å². The molecule has 2 aromatic heterocycles. The number of imidazole rings is 1. The molecule has 4 nitrogen and oxygen atoms in total. The van der Waals surface area contributed by atoms with E-state index < -0.39 is 0 Å². The van der Waals surface area contributed by atoms with Crippen molar-refractivity contribution < 1.29 is 4.42 Å². The van der Waals surface area contributed by atoms with Crippen LogP contribution in [0.25, 0.3) is 11.5 Å². The molecule has 0 spiro atoms. The Kier molecular flexibility index (Phi) is 2.73. The van der Waals surface area contributed by atoms with Crippen LogP contribution in [-0.4, -0.2) is 16.0 Å². The molecule has 0 bridgehead atoms. The molecule has 2 atom stereocenters. The number of furan rings is 1. The van der Waals surface area contributed by atoms with Crippen LogP contribution in [0.15, 0.2) is 29.0 Å². The highest BCUT2D eigenvalue weighted by Crippen LogP contribution is 2.31. The molecule has 2 unspecified atom stereocenters. The Bertz CT molecular complexity index is 475. The molecular weight excluding hydrogens is 214 g/mol. The third-order valence-electron chi connectivity index (χ3n) is 3.48. The molecule has 1 aliphatic rings.